The van der Waals surface area contributed by atoms with E-state index in [2.05, 4.69) is 36.4 Å². The van der Waals surface area contributed by atoms with Crippen LogP contribution in [0, 0.1) is 12.1 Å². The third kappa shape index (κ3) is 6.11. The van der Waals surface area contributed by atoms with Crippen LogP contribution >= 0.6 is 11.3 Å². The van der Waals surface area contributed by atoms with Crippen molar-refractivity contribution in [3.8, 4) is 10.4 Å². The van der Waals surface area contributed by atoms with Crippen molar-refractivity contribution in [2.24, 2.45) is 0 Å². The molecule has 1 heterocycles. The Morgan fingerprint density at radius 1 is 1.13 bits per heavy atom. The standard InChI is InChI=1S/C14H8S.C5H8O2.Ir/c1-2-6-11(7-3-1)14-10-12-8-4-5-9-13(12)15-14;1-4(6)3-5(2)7;/h1-6,8-9H;3,6H,1-2H3;/q-2;;/b;4-3-;. The van der Waals surface area contributed by atoms with Crippen LogP contribution in [0.4, 0.5) is 0 Å². The number of carbonyl (C=O) groups is 1. The Labute approximate surface area is 153 Å². The SMILES string of the molecule is CC(=O)/C=C(/C)O.[Ir].[c-]1ccccc1-c1[c-]c2ccccc2s1. The fourth-order valence-corrected chi connectivity index (χ4v) is 2.86. The second kappa shape index (κ2) is 9.41. The van der Waals surface area contributed by atoms with Gasteiger partial charge in [0.15, 0.2) is 5.78 Å². The summed E-state index contributed by atoms with van der Waals surface area (Å²) in [5.74, 6) is -0.0625. The van der Waals surface area contributed by atoms with Crippen molar-refractivity contribution >= 4 is 27.2 Å². The summed E-state index contributed by atoms with van der Waals surface area (Å²) >= 11 is 1.76. The number of allylic oxidation sites excluding steroid dienone is 2. The molecule has 2 aromatic carbocycles. The zero-order valence-corrected chi connectivity index (χ0v) is 16.0. The van der Waals surface area contributed by atoms with E-state index in [0.29, 0.717) is 0 Å². The van der Waals surface area contributed by atoms with E-state index in [1.54, 1.807) is 11.3 Å². The molecule has 1 radical (unpaired) electrons. The molecule has 0 saturated heterocycles. The molecule has 0 fully saturated rings. The van der Waals surface area contributed by atoms with E-state index in [4.69, 9.17) is 5.11 Å². The summed E-state index contributed by atoms with van der Waals surface area (Å²) in [7, 11) is 0. The Balaban J connectivity index is 0.000000287. The summed E-state index contributed by atoms with van der Waals surface area (Å²) < 4.78 is 1.28. The van der Waals surface area contributed by atoms with Crippen LogP contribution in [-0.4, -0.2) is 10.9 Å². The maximum atomic E-state index is 10.0. The Kier molecular flexibility index (Phi) is 7.90. The monoisotopic (exact) mass is 501 g/mol. The number of fused-ring (bicyclic) bond motifs is 1. The van der Waals surface area contributed by atoms with Crippen molar-refractivity contribution in [3.05, 3.63) is 72.5 Å². The maximum Gasteiger partial charge on any atom is 0.155 e. The molecular formula is C19H16IrO2S-2. The van der Waals surface area contributed by atoms with E-state index in [0.717, 1.165) is 10.4 Å². The van der Waals surface area contributed by atoms with E-state index in [1.165, 1.54) is 30.0 Å². The van der Waals surface area contributed by atoms with Crippen LogP contribution in [0.1, 0.15) is 13.8 Å². The van der Waals surface area contributed by atoms with Gasteiger partial charge >= 0.3 is 0 Å². The van der Waals surface area contributed by atoms with Gasteiger partial charge in [-0.1, -0.05) is 16.8 Å². The van der Waals surface area contributed by atoms with Crippen LogP contribution < -0.4 is 0 Å². The zero-order chi connectivity index (χ0) is 15.9. The summed E-state index contributed by atoms with van der Waals surface area (Å²) in [6.07, 6.45) is 1.17. The Bertz CT molecular complexity index is 754. The van der Waals surface area contributed by atoms with Crippen molar-refractivity contribution in [1.29, 1.82) is 0 Å². The molecule has 0 saturated carbocycles. The van der Waals surface area contributed by atoms with Gasteiger partial charge in [-0.2, -0.15) is 30.3 Å². The first-order chi connectivity index (χ1) is 10.6. The first-order valence-electron chi connectivity index (χ1n) is 6.82. The average Bonchev–Trinajstić information content (AvgIpc) is 2.91. The molecule has 0 aliphatic rings. The molecule has 1 aromatic heterocycles. The van der Waals surface area contributed by atoms with E-state index >= 15 is 0 Å². The second-order valence-electron chi connectivity index (χ2n) is 4.72. The first kappa shape index (κ1) is 19.3. The molecule has 23 heavy (non-hydrogen) atoms. The van der Waals surface area contributed by atoms with Gasteiger partial charge in [-0.3, -0.25) is 16.1 Å². The molecule has 0 aliphatic carbocycles. The number of aliphatic hydroxyl groups excluding tert-OH is 1. The van der Waals surface area contributed by atoms with E-state index in [1.807, 2.05) is 24.3 Å². The third-order valence-corrected chi connectivity index (χ3v) is 3.82. The normalized spacial score (nSPS) is 10.4. The molecule has 0 atom stereocenters. The van der Waals surface area contributed by atoms with Crippen molar-refractivity contribution < 1.29 is 30.0 Å². The summed E-state index contributed by atoms with van der Waals surface area (Å²) in [4.78, 5) is 11.2. The summed E-state index contributed by atoms with van der Waals surface area (Å²) in [5, 5.41) is 9.55. The third-order valence-electron chi connectivity index (χ3n) is 2.71. The molecular weight excluding hydrogens is 484 g/mol. The molecule has 3 aromatic rings. The predicted molar refractivity (Wildman–Crippen MR) is 92.0 cm³/mol. The van der Waals surface area contributed by atoms with Crippen molar-refractivity contribution in [2.45, 2.75) is 13.8 Å². The fourth-order valence-electron chi connectivity index (χ4n) is 1.87. The number of hydrogen-bond acceptors (Lipinski definition) is 3. The molecule has 3 rings (SSSR count). The largest absolute Gasteiger partial charge is 0.512 e. The molecule has 121 valence electrons. The van der Waals surface area contributed by atoms with Crippen molar-refractivity contribution in [2.75, 3.05) is 0 Å². The molecule has 2 nitrogen and oxygen atoms in total. The number of rotatable bonds is 2. The second-order valence-corrected chi connectivity index (χ2v) is 5.78. The van der Waals surface area contributed by atoms with Crippen LogP contribution in [-0.2, 0) is 24.9 Å². The number of ketones is 1. The minimum atomic E-state index is -0.125. The predicted octanol–water partition coefficient (Wildman–Crippen LogP) is 5.20. The summed E-state index contributed by atoms with van der Waals surface area (Å²) in [5.41, 5.74) is 1.12. The zero-order valence-electron chi connectivity index (χ0n) is 12.8. The van der Waals surface area contributed by atoms with Gasteiger partial charge in [0.1, 0.15) is 0 Å². The van der Waals surface area contributed by atoms with Gasteiger partial charge in [0.2, 0.25) is 0 Å². The van der Waals surface area contributed by atoms with Crippen LogP contribution in [0.5, 0.6) is 0 Å². The fraction of sp³-hybridized carbons (Fsp3) is 0.105. The van der Waals surface area contributed by atoms with Crippen LogP contribution in [0.25, 0.3) is 20.5 Å². The number of aliphatic hydroxyl groups is 1. The number of carbonyl (C=O) groups excluding carboxylic acids is 1. The van der Waals surface area contributed by atoms with Gasteiger partial charge in [0, 0.05) is 26.2 Å². The number of benzene rings is 2. The smallest absolute Gasteiger partial charge is 0.155 e. The molecule has 0 spiro atoms. The van der Waals surface area contributed by atoms with Gasteiger partial charge in [0.25, 0.3) is 0 Å². The number of thiophene rings is 1. The van der Waals surface area contributed by atoms with Crippen molar-refractivity contribution in [3.63, 3.8) is 0 Å². The van der Waals surface area contributed by atoms with Crippen LogP contribution in [0.2, 0.25) is 0 Å². The molecule has 0 amide bonds. The minimum Gasteiger partial charge on any atom is -0.512 e. The van der Waals surface area contributed by atoms with E-state index in [-0.39, 0.29) is 31.6 Å². The van der Waals surface area contributed by atoms with Gasteiger partial charge < -0.3 is 5.11 Å². The summed E-state index contributed by atoms with van der Waals surface area (Å²) in [6.45, 7) is 2.85. The van der Waals surface area contributed by atoms with Gasteiger partial charge in [-0.25, -0.2) is 5.56 Å². The molecule has 0 aliphatic heterocycles. The maximum absolute atomic E-state index is 10.0. The molecule has 0 unspecified atom stereocenters. The first-order valence-corrected chi connectivity index (χ1v) is 7.63. The quantitative estimate of drug-likeness (QED) is 0.298. The molecule has 0 bridgehead atoms. The topological polar surface area (TPSA) is 37.3 Å². The summed E-state index contributed by atoms with van der Waals surface area (Å²) in [6, 6.07) is 23.0. The van der Waals surface area contributed by atoms with Crippen LogP contribution in [0.15, 0.2) is 60.4 Å². The van der Waals surface area contributed by atoms with Crippen LogP contribution in [0.3, 0.4) is 0 Å². The van der Waals surface area contributed by atoms with Gasteiger partial charge in [0.05, 0.1) is 5.76 Å². The minimum absolute atomic E-state index is 0. The van der Waals surface area contributed by atoms with E-state index in [9.17, 15) is 4.79 Å². The van der Waals surface area contributed by atoms with E-state index < -0.39 is 0 Å². The molecule has 1 N–H and O–H groups in total. The number of hydrogen-bond donors (Lipinski definition) is 1. The Morgan fingerprint density at radius 3 is 2.35 bits per heavy atom. The Hall–Kier alpha value is -1.74. The van der Waals surface area contributed by atoms with Gasteiger partial charge in [-0.05, 0) is 13.8 Å². The molecule has 4 heteroatoms. The Morgan fingerprint density at radius 2 is 1.83 bits per heavy atom. The van der Waals surface area contributed by atoms with Crippen molar-refractivity contribution in [1.82, 2.24) is 0 Å². The average molecular weight is 501 g/mol. The van der Waals surface area contributed by atoms with Gasteiger partial charge in [-0.15, -0.1) is 28.5 Å².